The summed E-state index contributed by atoms with van der Waals surface area (Å²) in [6.45, 7) is 3.35. The van der Waals surface area contributed by atoms with E-state index in [1.54, 1.807) is 26.0 Å². The van der Waals surface area contributed by atoms with E-state index in [0.717, 1.165) is 0 Å². The zero-order valence-corrected chi connectivity index (χ0v) is 10.0. The molecule has 1 aromatic carbocycles. The molecule has 0 spiro atoms. The van der Waals surface area contributed by atoms with Crippen molar-refractivity contribution >= 4 is 25.5 Å². The summed E-state index contributed by atoms with van der Waals surface area (Å²) in [6, 6.07) is 4.51. The summed E-state index contributed by atoms with van der Waals surface area (Å²) >= 11 is 0. The molecule has 0 aromatic heterocycles. The number of carbonyl (C=O) groups excluding carboxylic acids is 1. The Kier molecular flexibility index (Phi) is 3.52. The van der Waals surface area contributed by atoms with Gasteiger partial charge in [0, 0.05) is 22.7 Å². The first-order valence-electron chi connectivity index (χ1n) is 4.44. The molecule has 0 N–H and O–H groups in total. The molecule has 0 saturated carbocycles. The quantitative estimate of drug-likeness (QED) is 0.608. The van der Waals surface area contributed by atoms with E-state index in [0.29, 0.717) is 17.5 Å². The van der Waals surface area contributed by atoms with Crippen molar-refractivity contribution in [3.05, 3.63) is 29.3 Å². The van der Waals surface area contributed by atoms with Crippen LogP contribution in [0, 0.1) is 6.92 Å². The van der Waals surface area contributed by atoms with Crippen molar-refractivity contribution in [2.24, 2.45) is 0 Å². The van der Waals surface area contributed by atoms with E-state index < -0.39 is 9.05 Å². The van der Waals surface area contributed by atoms with Crippen molar-refractivity contribution in [3.63, 3.8) is 0 Å². The van der Waals surface area contributed by atoms with E-state index >= 15 is 0 Å². The van der Waals surface area contributed by atoms with E-state index in [-0.39, 0.29) is 10.7 Å². The lowest BCUT2D eigenvalue weighted by Crippen LogP contribution is -2.01. The number of carbonyl (C=O) groups is 1. The summed E-state index contributed by atoms with van der Waals surface area (Å²) in [5, 5.41) is 0. The maximum Gasteiger partial charge on any atom is 0.261 e. The normalized spacial score (nSPS) is 11.4. The van der Waals surface area contributed by atoms with Crippen LogP contribution in [0.3, 0.4) is 0 Å². The van der Waals surface area contributed by atoms with Crippen LogP contribution in [0.25, 0.3) is 0 Å². The number of aryl methyl sites for hydroxylation is 1. The van der Waals surface area contributed by atoms with Gasteiger partial charge in [0.15, 0.2) is 5.78 Å². The lowest BCUT2D eigenvalue weighted by atomic mass is 10.1. The van der Waals surface area contributed by atoms with Crippen LogP contribution in [0.5, 0.6) is 0 Å². The van der Waals surface area contributed by atoms with Crippen LogP contribution in [0.15, 0.2) is 23.1 Å². The highest BCUT2D eigenvalue weighted by Crippen LogP contribution is 2.21. The minimum atomic E-state index is -3.78. The fourth-order valence-electron chi connectivity index (χ4n) is 1.24. The number of ketones is 1. The Morgan fingerprint density at radius 3 is 2.47 bits per heavy atom. The molecule has 0 atom stereocenters. The Balaban J connectivity index is 3.36. The van der Waals surface area contributed by atoms with E-state index in [2.05, 4.69) is 0 Å². The van der Waals surface area contributed by atoms with Gasteiger partial charge in [0.1, 0.15) is 0 Å². The molecule has 0 aliphatic heterocycles. The minimum Gasteiger partial charge on any atom is -0.294 e. The highest BCUT2D eigenvalue weighted by atomic mass is 35.7. The van der Waals surface area contributed by atoms with Gasteiger partial charge < -0.3 is 0 Å². The lowest BCUT2D eigenvalue weighted by molar-refractivity contribution is 0.0988. The molecular formula is C10H11ClO3S. The third kappa shape index (κ3) is 2.79. The Bertz CT molecular complexity index is 491. The van der Waals surface area contributed by atoms with Crippen LogP contribution in [0.1, 0.15) is 29.3 Å². The fourth-order valence-corrected chi connectivity index (χ4v) is 2.46. The minimum absolute atomic E-state index is 0.00321. The van der Waals surface area contributed by atoms with Gasteiger partial charge in [0.25, 0.3) is 9.05 Å². The molecule has 0 bridgehead atoms. The topological polar surface area (TPSA) is 51.2 Å². The molecule has 1 aromatic rings. The molecule has 82 valence electrons. The van der Waals surface area contributed by atoms with E-state index in [1.165, 1.54) is 6.07 Å². The summed E-state index contributed by atoms with van der Waals surface area (Å²) in [7, 11) is 1.47. The van der Waals surface area contributed by atoms with Gasteiger partial charge in [-0.1, -0.05) is 19.1 Å². The number of rotatable bonds is 3. The Labute approximate surface area is 93.5 Å². The number of Topliss-reactive ketones (excluding diaryl/α,β-unsaturated/α-hetero) is 1. The van der Waals surface area contributed by atoms with Gasteiger partial charge in [-0.05, 0) is 18.6 Å². The average molecular weight is 247 g/mol. The molecule has 1 rings (SSSR count). The summed E-state index contributed by atoms with van der Waals surface area (Å²) < 4.78 is 22.3. The van der Waals surface area contributed by atoms with Crippen LogP contribution in [-0.4, -0.2) is 14.2 Å². The molecule has 0 aliphatic rings. The van der Waals surface area contributed by atoms with Gasteiger partial charge in [0.2, 0.25) is 0 Å². The van der Waals surface area contributed by atoms with Crippen LogP contribution in [0.2, 0.25) is 0 Å². The monoisotopic (exact) mass is 246 g/mol. The summed E-state index contributed by atoms with van der Waals surface area (Å²) in [6.07, 6.45) is 0.338. The van der Waals surface area contributed by atoms with Gasteiger partial charge in [-0.25, -0.2) is 8.42 Å². The summed E-state index contributed by atoms with van der Waals surface area (Å²) in [4.78, 5) is 11.4. The Hall–Kier alpha value is -0.870. The van der Waals surface area contributed by atoms with Gasteiger partial charge in [0.05, 0.1) is 4.90 Å². The third-order valence-electron chi connectivity index (χ3n) is 2.09. The first-order chi connectivity index (χ1) is 6.86. The van der Waals surface area contributed by atoms with Crippen LogP contribution >= 0.6 is 10.7 Å². The van der Waals surface area contributed by atoms with Crippen LogP contribution in [-0.2, 0) is 9.05 Å². The van der Waals surface area contributed by atoms with Crippen molar-refractivity contribution in [3.8, 4) is 0 Å². The zero-order chi connectivity index (χ0) is 11.6. The highest BCUT2D eigenvalue weighted by molar-refractivity contribution is 8.13. The molecule has 15 heavy (non-hydrogen) atoms. The van der Waals surface area contributed by atoms with Crippen molar-refractivity contribution in [1.82, 2.24) is 0 Å². The molecular weight excluding hydrogens is 236 g/mol. The zero-order valence-electron chi connectivity index (χ0n) is 8.45. The van der Waals surface area contributed by atoms with Gasteiger partial charge >= 0.3 is 0 Å². The van der Waals surface area contributed by atoms with E-state index in [9.17, 15) is 13.2 Å². The molecule has 0 radical (unpaired) electrons. The lowest BCUT2D eigenvalue weighted by Gasteiger charge is -2.04. The number of benzene rings is 1. The first kappa shape index (κ1) is 12.2. The second-order valence-corrected chi connectivity index (χ2v) is 5.73. The van der Waals surface area contributed by atoms with Crippen LogP contribution < -0.4 is 0 Å². The third-order valence-corrected chi connectivity index (χ3v) is 3.56. The molecule has 0 aliphatic carbocycles. The second-order valence-electron chi connectivity index (χ2n) is 3.19. The molecule has 3 nitrogen and oxygen atoms in total. The first-order valence-corrected chi connectivity index (χ1v) is 6.75. The van der Waals surface area contributed by atoms with Crippen molar-refractivity contribution < 1.29 is 13.2 Å². The maximum absolute atomic E-state index is 11.4. The number of halogens is 1. The number of hydrogen-bond donors (Lipinski definition) is 0. The standard InChI is InChI=1S/C10H11ClO3S/c1-3-9(12)8-5-4-7(2)10(6-8)15(11,13)14/h4-6H,3H2,1-2H3. The molecule has 0 heterocycles. The smallest absolute Gasteiger partial charge is 0.261 e. The Morgan fingerprint density at radius 1 is 1.40 bits per heavy atom. The van der Waals surface area contributed by atoms with Crippen molar-refractivity contribution in [2.45, 2.75) is 25.2 Å². The maximum atomic E-state index is 11.4. The number of hydrogen-bond acceptors (Lipinski definition) is 3. The largest absolute Gasteiger partial charge is 0.294 e. The molecule has 0 saturated heterocycles. The average Bonchev–Trinajstić information content (AvgIpc) is 2.15. The molecule has 0 fully saturated rings. The molecule has 0 amide bonds. The van der Waals surface area contributed by atoms with Crippen molar-refractivity contribution in [1.29, 1.82) is 0 Å². The predicted molar refractivity (Wildman–Crippen MR) is 58.8 cm³/mol. The van der Waals surface area contributed by atoms with Gasteiger partial charge in [-0.2, -0.15) is 0 Å². The highest BCUT2D eigenvalue weighted by Gasteiger charge is 2.15. The van der Waals surface area contributed by atoms with Crippen molar-refractivity contribution in [2.75, 3.05) is 0 Å². The predicted octanol–water partition coefficient (Wildman–Crippen LogP) is 2.52. The van der Waals surface area contributed by atoms with E-state index in [1.807, 2.05) is 0 Å². The second kappa shape index (κ2) is 4.33. The summed E-state index contributed by atoms with van der Waals surface area (Å²) in [5.74, 6) is -0.100. The Morgan fingerprint density at radius 2 is 2.00 bits per heavy atom. The SMILES string of the molecule is CCC(=O)c1ccc(C)c(S(=O)(=O)Cl)c1. The summed E-state index contributed by atoms with van der Waals surface area (Å²) in [5.41, 5.74) is 0.917. The van der Waals surface area contributed by atoms with Gasteiger partial charge in [-0.3, -0.25) is 4.79 Å². The van der Waals surface area contributed by atoms with Gasteiger partial charge in [-0.15, -0.1) is 0 Å². The van der Waals surface area contributed by atoms with E-state index in [4.69, 9.17) is 10.7 Å². The molecule has 5 heteroatoms. The molecule has 0 unspecified atom stereocenters. The fraction of sp³-hybridized carbons (Fsp3) is 0.300. The van der Waals surface area contributed by atoms with Crippen LogP contribution in [0.4, 0.5) is 0 Å².